The fourth-order valence-electron chi connectivity index (χ4n) is 2.36. The van der Waals surface area contributed by atoms with Crippen LogP contribution in [0.3, 0.4) is 0 Å². The van der Waals surface area contributed by atoms with Gasteiger partial charge in [0.15, 0.2) is 0 Å². The minimum absolute atomic E-state index is 0.106. The second-order valence-electron chi connectivity index (χ2n) is 4.18. The quantitative estimate of drug-likeness (QED) is 0.718. The maximum Gasteiger partial charge on any atom is 0.346 e. The fraction of sp³-hybridized carbons (Fsp3) is 0.636. The first-order chi connectivity index (χ1) is 7.74. The van der Waals surface area contributed by atoms with Crippen LogP contribution in [0.1, 0.15) is 12.8 Å². The topological polar surface area (TPSA) is 67.9 Å². The van der Waals surface area contributed by atoms with Crippen molar-refractivity contribution in [1.29, 1.82) is 0 Å². The lowest BCUT2D eigenvalue weighted by Gasteiger charge is -2.32. The third-order valence-corrected chi connectivity index (χ3v) is 3.08. The van der Waals surface area contributed by atoms with Crippen molar-refractivity contribution in [2.75, 3.05) is 19.8 Å². The van der Waals surface area contributed by atoms with E-state index in [9.17, 15) is 4.79 Å². The molecule has 2 aliphatic heterocycles. The number of rotatable bonds is 3. The van der Waals surface area contributed by atoms with Crippen molar-refractivity contribution in [2.45, 2.75) is 18.9 Å². The van der Waals surface area contributed by atoms with Gasteiger partial charge in [-0.25, -0.2) is 4.79 Å². The number of hydrogen-bond acceptors (Lipinski definition) is 3. The van der Waals surface area contributed by atoms with E-state index in [1.54, 1.807) is 11.0 Å². The first kappa shape index (κ1) is 11.1. The van der Waals surface area contributed by atoms with Crippen LogP contribution < -0.4 is 5.73 Å². The molecule has 5 heteroatoms. The second-order valence-corrected chi connectivity index (χ2v) is 4.18. The van der Waals surface area contributed by atoms with Crippen LogP contribution in [-0.2, 0) is 4.74 Å². The number of nitrogens with zero attached hydrogens (tertiary/aromatic N) is 2. The number of nitrogens with two attached hydrogens (primary N) is 1. The van der Waals surface area contributed by atoms with Crippen LogP contribution in [0.4, 0.5) is 4.79 Å². The first-order valence-corrected chi connectivity index (χ1v) is 5.57. The maximum atomic E-state index is 11.6. The van der Waals surface area contributed by atoms with Crippen molar-refractivity contribution >= 4 is 11.9 Å². The van der Waals surface area contributed by atoms with Crippen LogP contribution in [0.15, 0.2) is 17.6 Å². The van der Waals surface area contributed by atoms with E-state index < -0.39 is 0 Å². The van der Waals surface area contributed by atoms with Crippen LogP contribution >= 0.6 is 0 Å². The zero-order valence-corrected chi connectivity index (χ0v) is 9.26. The van der Waals surface area contributed by atoms with Crippen LogP contribution in [0.25, 0.3) is 0 Å². The third kappa shape index (κ3) is 1.95. The minimum Gasteiger partial charge on any atom is -0.385 e. The van der Waals surface area contributed by atoms with Gasteiger partial charge >= 0.3 is 6.03 Å². The van der Waals surface area contributed by atoms with Gasteiger partial charge in [-0.2, -0.15) is 4.99 Å². The summed E-state index contributed by atoms with van der Waals surface area (Å²) in [6.45, 7) is 5.59. The van der Waals surface area contributed by atoms with Crippen molar-refractivity contribution in [3.63, 3.8) is 0 Å². The monoisotopic (exact) mass is 223 g/mol. The summed E-state index contributed by atoms with van der Waals surface area (Å²) in [5, 5.41) is 0. The SMILES string of the molecule is C=CCN1C(=O)N=C(N)C1C1CCCOC1. The molecule has 2 N–H and O–H groups in total. The molecular formula is C11H17N3O2. The lowest BCUT2D eigenvalue weighted by Crippen LogP contribution is -2.48. The highest BCUT2D eigenvalue weighted by atomic mass is 16.5. The number of ether oxygens (including phenoxy) is 1. The Morgan fingerprint density at radius 2 is 2.50 bits per heavy atom. The third-order valence-electron chi connectivity index (χ3n) is 3.08. The Bertz CT molecular complexity index is 321. The Kier molecular flexibility index (Phi) is 3.24. The number of aliphatic imine (C=N–C) groups is 1. The summed E-state index contributed by atoms with van der Waals surface area (Å²) in [5.74, 6) is 0.686. The summed E-state index contributed by atoms with van der Waals surface area (Å²) >= 11 is 0. The summed E-state index contributed by atoms with van der Waals surface area (Å²) < 4.78 is 5.43. The Labute approximate surface area is 95.0 Å². The van der Waals surface area contributed by atoms with Gasteiger partial charge in [0.2, 0.25) is 0 Å². The van der Waals surface area contributed by atoms with E-state index in [1.165, 1.54) is 0 Å². The van der Waals surface area contributed by atoms with Crippen LogP contribution in [0.5, 0.6) is 0 Å². The molecule has 16 heavy (non-hydrogen) atoms. The number of amides is 2. The molecule has 0 radical (unpaired) electrons. The second kappa shape index (κ2) is 4.65. The first-order valence-electron chi connectivity index (χ1n) is 5.57. The van der Waals surface area contributed by atoms with Gasteiger partial charge in [-0.15, -0.1) is 6.58 Å². The molecule has 1 fully saturated rings. The van der Waals surface area contributed by atoms with Crippen LogP contribution in [0, 0.1) is 5.92 Å². The smallest absolute Gasteiger partial charge is 0.346 e. The standard InChI is InChI=1S/C11H17N3O2/c1-2-5-14-9(10(12)13-11(14)15)8-4-3-6-16-7-8/h2,8-9H,1,3-7H2,(H2,12,13,15). The highest BCUT2D eigenvalue weighted by molar-refractivity contribution is 6.03. The molecular weight excluding hydrogens is 206 g/mol. The van der Waals surface area contributed by atoms with E-state index in [4.69, 9.17) is 10.5 Å². The maximum absolute atomic E-state index is 11.6. The lowest BCUT2D eigenvalue weighted by molar-refractivity contribution is 0.0364. The van der Waals surface area contributed by atoms with Crippen LogP contribution in [0.2, 0.25) is 0 Å². The average molecular weight is 223 g/mol. The normalized spacial score (nSPS) is 30.4. The zero-order valence-electron chi connectivity index (χ0n) is 9.26. The largest absolute Gasteiger partial charge is 0.385 e. The van der Waals surface area contributed by atoms with Gasteiger partial charge in [-0.05, 0) is 12.8 Å². The van der Waals surface area contributed by atoms with Crippen molar-refractivity contribution in [1.82, 2.24) is 4.90 Å². The molecule has 88 valence electrons. The van der Waals surface area contributed by atoms with Crippen molar-refractivity contribution in [3.05, 3.63) is 12.7 Å². The molecule has 5 nitrogen and oxygen atoms in total. The van der Waals surface area contributed by atoms with Crippen LogP contribution in [-0.4, -0.2) is 42.6 Å². The Morgan fingerprint density at radius 3 is 3.12 bits per heavy atom. The molecule has 0 saturated carbocycles. The van der Waals surface area contributed by atoms with E-state index in [0.717, 1.165) is 19.4 Å². The molecule has 0 aromatic carbocycles. The number of urea groups is 1. The predicted molar refractivity (Wildman–Crippen MR) is 61.3 cm³/mol. The van der Waals surface area contributed by atoms with Crippen molar-refractivity contribution in [2.24, 2.45) is 16.6 Å². The van der Waals surface area contributed by atoms with E-state index >= 15 is 0 Å². The predicted octanol–water partition coefficient (Wildman–Crippen LogP) is 0.760. The minimum atomic E-state index is -0.257. The van der Waals surface area contributed by atoms with Gasteiger partial charge in [0, 0.05) is 19.1 Å². The molecule has 0 aromatic rings. The molecule has 0 bridgehead atoms. The Hall–Kier alpha value is -1.36. The molecule has 2 rings (SSSR count). The summed E-state index contributed by atoms with van der Waals surface area (Å²) in [6, 6.07) is -0.362. The summed E-state index contributed by atoms with van der Waals surface area (Å²) in [7, 11) is 0. The molecule has 2 atom stereocenters. The average Bonchev–Trinajstić information content (AvgIpc) is 2.56. The molecule has 0 aromatic heterocycles. The molecule has 2 unspecified atom stereocenters. The molecule has 1 saturated heterocycles. The number of carbonyl (C=O) groups is 1. The summed E-state index contributed by atoms with van der Waals surface area (Å²) in [5.41, 5.74) is 5.82. The number of hydrogen-bond donors (Lipinski definition) is 1. The van der Waals surface area contributed by atoms with Crippen molar-refractivity contribution in [3.8, 4) is 0 Å². The zero-order chi connectivity index (χ0) is 11.5. The molecule has 2 heterocycles. The van der Waals surface area contributed by atoms with E-state index in [-0.39, 0.29) is 18.0 Å². The van der Waals surface area contributed by atoms with Gasteiger partial charge in [0.25, 0.3) is 0 Å². The molecule has 0 aliphatic carbocycles. The van der Waals surface area contributed by atoms with Gasteiger partial charge in [0.05, 0.1) is 12.6 Å². The highest BCUT2D eigenvalue weighted by Gasteiger charge is 2.38. The summed E-state index contributed by atoms with van der Waals surface area (Å²) in [4.78, 5) is 17.1. The Morgan fingerprint density at radius 1 is 1.69 bits per heavy atom. The molecule has 0 spiro atoms. The number of amidine groups is 1. The van der Waals surface area contributed by atoms with Gasteiger partial charge in [0.1, 0.15) is 5.84 Å². The highest BCUT2D eigenvalue weighted by Crippen LogP contribution is 2.25. The van der Waals surface area contributed by atoms with Crippen molar-refractivity contribution < 1.29 is 9.53 Å². The van der Waals surface area contributed by atoms with E-state index in [2.05, 4.69) is 11.6 Å². The number of carbonyl (C=O) groups excluding carboxylic acids is 1. The van der Waals surface area contributed by atoms with Gasteiger partial charge in [-0.3, -0.25) is 0 Å². The fourth-order valence-corrected chi connectivity index (χ4v) is 2.36. The van der Waals surface area contributed by atoms with Gasteiger partial charge < -0.3 is 15.4 Å². The molecule has 2 aliphatic rings. The molecule has 2 amide bonds. The van der Waals surface area contributed by atoms with Gasteiger partial charge in [-0.1, -0.05) is 6.08 Å². The lowest BCUT2D eigenvalue weighted by atomic mass is 9.92. The van der Waals surface area contributed by atoms with E-state index in [0.29, 0.717) is 19.0 Å². The van der Waals surface area contributed by atoms with E-state index in [1.807, 2.05) is 0 Å². The summed E-state index contributed by atoms with van der Waals surface area (Å²) in [6.07, 6.45) is 3.75. The Balaban J connectivity index is 2.12.